The standard InChI is InChI=1S/C39H50FN3O15/c1-24-20-30-29-9-4-25-21-27(44)10-11-36(25,2)38(29,40)31(45)22-37(30,3)39(24,50)32(46)23-57-34(48)42-13-15-53-16-18-55-33(47)41-12-14-54-17-19-56-35(49)58-28-7-5-26(6-8-28)43(51)52/h4-8,10-11,24,29-31,45,50H,9,12-23H2,1-3H3,(H,41,47)(H,42,48)/t24-,29?,30?,31?,36?,37?,38+,39+/m1/s1. The summed E-state index contributed by atoms with van der Waals surface area (Å²) in [5.41, 5.74) is -6.04. The van der Waals surface area contributed by atoms with Crippen LogP contribution in [-0.4, -0.2) is 122 Å². The van der Waals surface area contributed by atoms with Crippen LogP contribution in [0.15, 0.2) is 48.1 Å². The molecule has 5 unspecified atom stereocenters. The van der Waals surface area contributed by atoms with Gasteiger partial charge in [0, 0.05) is 48.4 Å². The predicted molar refractivity (Wildman–Crippen MR) is 198 cm³/mol. The van der Waals surface area contributed by atoms with Gasteiger partial charge in [0.1, 0.15) is 24.6 Å². The number of amides is 2. The van der Waals surface area contributed by atoms with E-state index in [1.165, 1.54) is 30.3 Å². The highest BCUT2D eigenvalue weighted by Crippen LogP contribution is 2.70. The van der Waals surface area contributed by atoms with Crippen LogP contribution in [0.25, 0.3) is 0 Å². The lowest BCUT2D eigenvalue weighted by Gasteiger charge is -2.62. The third-order valence-electron chi connectivity index (χ3n) is 12.1. The topological polar surface area (TPSA) is 248 Å². The lowest BCUT2D eigenvalue weighted by atomic mass is 9.45. The number of alkyl halides is 1. The van der Waals surface area contributed by atoms with Gasteiger partial charge in [-0.05, 0) is 56.2 Å². The van der Waals surface area contributed by atoms with Gasteiger partial charge < -0.3 is 49.3 Å². The van der Waals surface area contributed by atoms with Gasteiger partial charge in [-0.25, -0.2) is 18.8 Å². The van der Waals surface area contributed by atoms with Gasteiger partial charge in [0.15, 0.2) is 18.1 Å². The molecular weight excluding hydrogens is 769 g/mol. The zero-order chi connectivity index (χ0) is 42.3. The van der Waals surface area contributed by atoms with Crippen LogP contribution in [0.5, 0.6) is 5.75 Å². The number of halogens is 1. The van der Waals surface area contributed by atoms with Crippen LogP contribution in [0, 0.1) is 38.7 Å². The average molecular weight is 820 g/mol. The van der Waals surface area contributed by atoms with E-state index < -0.39 is 81.6 Å². The number of nitrogens with one attached hydrogen (secondary N) is 2. The summed E-state index contributed by atoms with van der Waals surface area (Å²) >= 11 is 0. The number of nitro groups is 1. The van der Waals surface area contributed by atoms with Gasteiger partial charge in [-0.15, -0.1) is 0 Å². The number of fused-ring (bicyclic) bond motifs is 5. The molecule has 0 aliphatic heterocycles. The van der Waals surface area contributed by atoms with Gasteiger partial charge in [0.05, 0.1) is 37.5 Å². The molecule has 2 fully saturated rings. The number of Topliss-reactive ketones (excluding diaryl/α,β-unsaturated/α-hetero) is 1. The van der Waals surface area contributed by atoms with Crippen molar-refractivity contribution in [1.82, 2.24) is 10.6 Å². The third kappa shape index (κ3) is 8.86. The highest BCUT2D eigenvalue weighted by molar-refractivity contribution is 5.94. The van der Waals surface area contributed by atoms with Crippen molar-refractivity contribution in [2.45, 2.75) is 63.8 Å². The Hall–Kier alpha value is -4.98. The number of aliphatic hydroxyl groups excluding tert-OH is 1. The second kappa shape index (κ2) is 18.3. The van der Waals surface area contributed by atoms with E-state index in [-0.39, 0.29) is 89.2 Å². The van der Waals surface area contributed by atoms with Crippen LogP contribution in [-0.2, 0) is 33.3 Å². The summed E-state index contributed by atoms with van der Waals surface area (Å²) in [4.78, 5) is 71.7. The first-order chi connectivity index (χ1) is 27.5. The van der Waals surface area contributed by atoms with Crippen molar-refractivity contribution in [3.63, 3.8) is 0 Å². The summed E-state index contributed by atoms with van der Waals surface area (Å²) < 4.78 is 47.8. The van der Waals surface area contributed by atoms with Gasteiger partial charge >= 0.3 is 18.3 Å². The van der Waals surface area contributed by atoms with E-state index in [0.717, 1.165) is 0 Å². The molecule has 58 heavy (non-hydrogen) atoms. The molecule has 5 rings (SSSR count). The molecule has 2 amide bonds. The first kappa shape index (κ1) is 44.1. The Morgan fingerprint density at radius 2 is 1.55 bits per heavy atom. The number of alkyl carbamates (subject to hydrolysis) is 2. The van der Waals surface area contributed by atoms with Gasteiger partial charge in [-0.1, -0.05) is 31.6 Å². The number of ether oxygens (including phenoxy) is 6. The number of ketones is 2. The number of hydrogen-bond acceptors (Lipinski definition) is 15. The van der Waals surface area contributed by atoms with Crippen LogP contribution >= 0.6 is 0 Å². The molecule has 4 aliphatic rings. The van der Waals surface area contributed by atoms with Crippen LogP contribution in [0.1, 0.15) is 46.5 Å². The molecule has 0 aromatic heterocycles. The Morgan fingerprint density at radius 3 is 2.19 bits per heavy atom. The van der Waals surface area contributed by atoms with Crippen LogP contribution in [0.4, 0.5) is 24.5 Å². The predicted octanol–water partition coefficient (Wildman–Crippen LogP) is 3.51. The largest absolute Gasteiger partial charge is 0.513 e. The molecule has 4 N–H and O–H groups in total. The Morgan fingerprint density at radius 1 is 0.931 bits per heavy atom. The molecule has 18 nitrogen and oxygen atoms in total. The first-order valence-corrected chi connectivity index (χ1v) is 19.1. The highest BCUT2D eigenvalue weighted by atomic mass is 19.1. The normalized spacial score (nSPS) is 30.8. The maximum atomic E-state index is 17.4. The number of nitrogens with zero attached hydrogens (tertiary/aromatic N) is 1. The van der Waals surface area contributed by atoms with Crippen molar-refractivity contribution in [3.05, 3.63) is 58.2 Å². The zero-order valence-electron chi connectivity index (χ0n) is 32.6. The van der Waals surface area contributed by atoms with Crippen molar-refractivity contribution in [2.75, 3.05) is 59.3 Å². The maximum Gasteiger partial charge on any atom is 0.513 e. The molecule has 1 aromatic carbocycles. The summed E-state index contributed by atoms with van der Waals surface area (Å²) in [6, 6.07) is 4.87. The SMILES string of the molecule is C[C@@H]1CC2C3CC=C4CC(=O)C=CC4(C)[C@@]3(F)C(O)CC2(C)[C@@]1(O)C(=O)COC(=O)NCCOCCOC(=O)NCCOCCOC(=O)Oc1ccc([N+](=O)[O-])cc1. The summed E-state index contributed by atoms with van der Waals surface area (Å²) in [6.45, 7) is 4.33. The molecule has 0 heterocycles. The van der Waals surface area contributed by atoms with E-state index in [4.69, 9.17) is 28.4 Å². The number of carbonyl (C=O) groups excluding carboxylic acids is 5. The molecule has 0 spiro atoms. The Bertz CT molecular complexity index is 1790. The third-order valence-corrected chi connectivity index (χ3v) is 12.1. The van der Waals surface area contributed by atoms with E-state index in [9.17, 15) is 44.3 Å². The van der Waals surface area contributed by atoms with Crippen molar-refractivity contribution in [2.24, 2.45) is 28.6 Å². The lowest BCUT2D eigenvalue weighted by molar-refractivity contribution is -0.384. The smallest absolute Gasteiger partial charge is 0.447 e. The van der Waals surface area contributed by atoms with Gasteiger partial charge in [0.2, 0.25) is 5.78 Å². The minimum absolute atomic E-state index is 0.00370. The van der Waals surface area contributed by atoms with Crippen molar-refractivity contribution in [3.8, 4) is 5.75 Å². The van der Waals surface area contributed by atoms with E-state index in [0.29, 0.717) is 12.0 Å². The van der Waals surface area contributed by atoms with Crippen LogP contribution < -0.4 is 15.4 Å². The van der Waals surface area contributed by atoms with E-state index >= 15 is 4.39 Å². The number of allylic oxidation sites excluding steroid dienone is 4. The molecule has 8 atom stereocenters. The van der Waals surface area contributed by atoms with Crippen molar-refractivity contribution < 1.29 is 71.9 Å². The number of benzene rings is 1. The minimum Gasteiger partial charge on any atom is -0.447 e. The second-order valence-electron chi connectivity index (χ2n) is 15.3. The van der Waals surface area contributed by atoms with Gasteiger partial charge in [-0.3, -0.25) is 19.7 Å². The van der Waals surface area contributed by atoms with E-state index in [1.807, 2.05) is 6.08 Å². The molecule has 0 bridgehead atoms. The number of nitro benzene ring substituents is 1. The quantitative estimate of drug-likeness (QED) is 0.0334. The lowest BCUT2D eigenvalue weighted by Crippen LogP contribution is -2.69. The zero-order valence-corrected chi connectivity index (χ0v) is 32.6. The molecule has 0 saturated heterocycles. The number of aliphatic hydroxyl groups is 2. The van der Waals surface area contributed by atoms with Gasteiger partial charge in [-0.2, -0.15) is 0 Å². The van der Waals surface area contributed by atoms with E-state index in [1.54, 1.807) is 26.8 Å². The average Bonchev–Trinajstić information content (AvgIpc) is 3.38. The molecular formula is C39H50FN3O15. The highest BCUT2D eigenvalue weighted by Gasteiger charge is 2.75. The van der Waals surface area contributed by atoms with Crippen LogP contribution in [0.3, 0.4) is 0 Å². The Balaban J connectivity index is 0.921. The maximum absolute atomic E-state index is 17.4. The number of non-ortho nitro benzene ring substituents is 1. The molecule has 4 aliphatic carbocycles. The summed E-state index contributed by atoms with van der Waals surface area (Å²) in [5.74, 6) is -2.61. The van der Waals surface area contributed by atoms with Gasteiger partial charge in [0.25, 0.3) is 5.69 Å². The molecule has 2 saturated carbocycles. The first-order valence-electron chi connectivity index (χ1n) is 19.1. The van der Waals surface area contributed by atoms with E-state index in [2.05, 4.69) is 10.6 Å². The summed E-state index contributed by atoms with van der Waals surface area (Å²) in [6.07, 6.45) is 1.04. The molecule has 0 radical (unpaired) electrons. The molecule has 19 heteroatoms. The fourth-order valence-electron chi connectivity index (χ4n) is 9.18. The minimum atomic E-state index is -2.11. The molecule has 1 aromatic rings. The summed E-state index contributed by atoms with van der Waals surface area (Å²) in [5, 5.41) is 39.1. The Labute approximate surface area is 333 Å². The fraction of sp³-hybridized carbons (Fsp3) is 0.615. The summed E-state index contributed by atoms with van der Waals surface area (Å²) in [7, 11) is 0. The number of carbonyl (C=O) groups is 5. The second-order valence-corrected chi connectivity index (χ2v) is 15.3. The number of hydrogen-bond donors (Lipinski definition) is 4. The van der Waals surface area contributed by atoms with Crippen molar-refractivity contribution >= 4 is 35.6 Å². The Kier molecular flexibility index (Phi) is 13.9. The fourth-order valence-corrected chi connectivity index (χ4v) is 9.18. The van der Waals surface area contributed by atoms with Crippen LogP contribution in [0.2, 0.25) is 0 Å². The monoisotopic (exact) mass is 819 g/mol. The van der Waals surface area contributed by atoms with Crippen molar-refractivity contribution in [1.29, 1.82) is 0 Å². The molecule has 318 valence electrons. The number of rotatable bonds is 17.